The van der Waals surface area contributed by atoms with Gasteiger partial charge in [-0.15, -0.1) is 0 Å². The molecule has 0 spiro atoms. The van der Waals surface area contributed by atoms with Crippen molar-refractivity contribution < 1.29 is 0 Å². The molecular formula is C66H112N2. The summed E-state index contributed by atoms with van der Waals surface area (Å²) in [4.78, 5) is 6.84. The molecule has 10 atom stereocenters. The molecule has 10 unspecified atom stereocenters. The molecule has 10 aliphatic carbocycles. The first-order valence-electron chi connectivity index (χ1n) is 32.1. The topological polar surface area (TPSA) is 6.48 Å². The van der Waals surface area contributed by atoms with Crippen molar-refractivity contribution in [1.82, 2.24) is 9.80 Å². The molecule has 0 amide bonds. The zero-order chi connectivity index (χ0) is 46.7. The molecule has 0 bridgehead atoms. The molecule has 10 saturated carbocycles. The van der Waals surface area contributed by atoms with Crippen molar-refractivity contribution in [2.45, 2.75) is 296 Å². The van der Waals surface area contributed by atoms with E-state index in [9.17, 15) is 0 Å². The minimum absolute atomic E-state index is 0.846. The van der Waals surface area contributed by atoms with Gasteiger partial charge < -0.3 is 0 Å². The highest BCUT2D eigenvalue weighted by atomic mass is 15.2. The van der Waals surface area contributed by atoms with Crippen LogP contribution in [0.15, 0.2) is 24.3 Å². The third-order valence-electron chi connectivity index (χ3n) is 24.0. The van der Waals surface area contributed by atoms with Crippen molar-refractivity contribution in [3.8, 4) is 0 Å². The third-order valence-corrected chi connectivity index (χ3v) is 24.0. The van der Waals surface area contributed by atoms with E-state index >= 15 is 0 Å². The van der Waals surface area contributed by atoms with Gasteiger partial charge in [-0.25, -0.2) is 0 Å². The lowest BCUT2D eigenvalue weighted by atomic mass is 9.50. The first-order chi connectivity index (χ1) is 33.2. The Morgan fingerprint density at radius 1 is 0.250 bits per heavy atom. The first kappa shape index (κ1) is 50.9. The van der Waals surface area contributed by atoms with E-state index in [4.69, 9.17) is 0 Å². The van der Waals surface area contributed by atoms with Crippen LogP contribution in [0, 0.1) is 94.7 Å². The number of hydrogen-bond acceptors (Lipinski definition) is 2. The van der Waals surface area contributed by atoms with Crippen LogP contribution < -0.4 is 0 Å². The maximum absolute atomic E-state index is 3.42. The summed E-state index contributed by atoms with van der Waals surface area (Å²) in [5, 5.41) is 0. The molecule has 2 heteroatoms. The van der Waals surface area contributed by atoms with Crippen molar-refractivity contribution in [2.24, 2.45) is 94.7 Å². The Kier molecular flexibility index (Phi) is 17.8. The number of fused-ring (bicyclic) bond motifs is 2. The molecule has 0 heterocycles. The van der Waals surface area contributed by atoms with Crippen LogP contribution in [-0.4, -0.2) is 46.1 Å². The van der Waals surface area contributed by atoms with E-state index in [-0.39, 0.29) is 0 Å². The van der Waals surface area contributed by atoms with E-state index in [2.05, 4.69) is 75.6 Å². The monoisotopic (exact) mass is 933 g/mol. The molecule has 0 radical (unpaired) electrons. The molecule has 2 nitrogen and oxygen atoms in total. The molecule has 0 N–H and O–H groups in total. The van der Waals surface area contributed by atoms with Crippen LogP contribution in [0.5, 0.6) is 0 Å². The van der Waals surface area contributed by atoms with Gasteiger partial charge in [0.05, 0.1) is 0 Å². The van der Waals surface area contributed by atoms with E-state index in [1.54, 1.807) is 38.5 Å². The summed E-state index contributed by atoms with van der Waals surface area (Å²) in [6.07, 6.45) is 61.7. The van der Waals surface area contributed by atoms with Crippen molar-refractivity contribution in [3.63, 3.8) is 0 Å². The average molecular weight is 934 g/mol. The molecule has 0 saturated heterocycles. The Hall–Kier alpha value is -0.600. The molecule has 0 aromatic rings. The van der Waals surface area contributed by atoms with E-state index in [1.807, 2.05) is 0 Å². The van der Waals surface area contributed by atoms with Crippen molar-refractivity contribution >= 4 is 0 Å². The Morgan fingerprint density at radius 2 is 0.485 bits per heavy atom. The number of allylic oxidation sites excluding steroid dienone is 4. The second-order valence-electron chi connectivity index (χ2n) is 28.6. The third kappa shape index (κ3) is 11.8. The molecule has 0 aromatic carbocycles. The summed E-state index contributed by atoms with van der Waals surface area (Å²) in [6, 6.07) is 5.12. The molecule has 386 valence electrons. The molecule has 0 aliphatic heterocycles. The lowest BCUT2D eigenvalue weighted by Gasteiger charge is -2.62. The van der Waals surface area contributed by atoms with Gasteiger partial charge in [0.15, 0.2) is 0 Å². The maximum atomic E-state index is 3.42. The SMILES string of the molecule is CC1CCC(/C=C/C2CCC(N(C3CCC(C)CC3)C3C(C)CC(C4CC(C)C(N(C5CCC(C)CC5)C5CCC(/C=C/C6CCC(C)CC6)CC5)C5CCCCC45)C4CCCCC43)CC2)CC1. The van der Waals surface area contributed by atoms with Crippen LogP contribution in [0.3, 0.4) is 0 Å². The van der Waals surface area contributed by atoms with Crippen LogP contribution in [0.2, 0.25) is 0 Å². The summed E-state index contributed by atoms with van der Waals surface area (Å²) in [6.45, 7) is 15.8. The van der Waals surface area contributed by atoms with E-state index in [1.165, 1.54) is 180 Å². The van der Waals surface area contributed by atoms with Crippen molar-refractivity contribution in [3.05, 3.63) is 24.3 Å². The number of rotatable bonds is 11. The fraction of sp³-hybridized carbons (Fsp3) is 0.939. The predicted molar refractivity (Wildman–Crippen MR) is 292 cm³/mol. The van der Waals surface area contributed by atoms with Gasteiger partial charge in [0.25, 0.3) is 0 Å². The van der Waals surface area contributed by atoms with Crippen LogP contribution in [0.4, 0.5) is 0 Å². The Labute approximate surface area is 423 Å². The molecule has 10 aliphatic rings. The van der Waals surface area contributed by atoms with Gasteiger partial charge in [-0.05, 0) is 262 Å². The van der Waals surface area contributed by atoms with Gasteiger partial charge in [-0.2, -0.15) is 0 Å². The fourth-order valence-corrected chi connectivity index (χ4v) is 20.1. The summed E-state index contributed by atoms with van der Waals surface area (Å²) in [7, 11) is 0. The summed E-state index contributed by atoms with van der Waals surface area (Å²) in [5.41, 5.74) is 0. The minimum Gasteiger partial charge on any atom is -0.294 e. The molecular weight excluding hydrogens is 821 g/mol. The van der Waals surface area contributed by atoms with Gasteiger partial charge in [-0.3, -0.25) is 9.80 Å². The van der Waals surface area contributed by atoms with Crippen LogP contribution in [0.25, 0.3) is 0 Å². The van der Waals surface area contributed by atoms with Gasteiger partial charge in [0.1, 0.15) is 0 Å². The van der Waals surface area contributed by atoms with Crippen molar-refractivity contribution in [1.29, 1.82) is 0 Å². The average Bonchev–Trinajstić information content (AvgIpc) is 3.36. The zero-order valence-electron chi connectivity index (χ0n) is 45.9. The van der Waals surface area contributed by atoms with Crippen LogP contribution in [0.1, 0.15) is 260 Å². The van der Waals surface area contributed by atoms with E-state index in [0.29, 0.717) is 0 Å². The van der Waals surface area contributed by atoms with Gasteiger partial charge in [-0.1, -0.05) is 117 Å². The zero-order valence-corrected chi connectivity index (χ0v) is 45.9. The van der Waals surface area contributed by atoms with Crippen LogP contribution >= 0.6 is 0 Å². The molecule has 0 aromatic heterocycles. The minimum atomic E-state index is 0.846. The second-order valence-corrected chi connectivity index (χ2v) is 28.6. The standard InChI is InChI=1S/C66H112N2/c1-45-15-23-51(24-16-45)27-29-53-31-39-57(40-32-53)67(55-35-19-47(3)20-36-55)65-49(5)43-63(59-11-7-9-13-61(59)65)64-44-50(6)66(62-14-10-8-12-60(62)64)68(56-37-21-48(4)22-38-56)58-41-33-54(34-42-58)30-28-52-25-17-46(2)18-26-52/h27-30,45-66H,7-26,31-44H2,1-6H3/b29-27+,30-28+. The van der Waals surface area contributed by atoms with E-state index < -0.39 is 0 Å². The van der Waals surface area contributed by atoms with Gasteiger partial charge in [0, 0.05) is 36.3 Å². The maximum Gasteiger partial charge on any atom is 0.0158 e. The van der Waals surface area contributed by atoms with Crippen molar-refractivity contribution in [2.75, 3.05) is 0 Å². The Morgan fingerprint density at radius 3 is 0.779 bits per heavy atom. The van der Waals surface area contributed by atoms with E-state index in [0.717, 1.165) is 131 Å². The lowest BCUT2D eigenvalue weighted by Crippen LogP contribution is -2.63. The molecule has 68 heavy (non-hydrogen) atoms. The summed E-state index contributed by atoms with van der Waals surface area (Å²) < 4.78 is 0. The number of nitrogens with zero attached hydrogens (tertiary/aromatic N) is 2. The van der Waals surface area contributed by atoms with Gasteiger partial charge >= 0.3 is 0 Å². The predicted octanol–water partition coefficient (Wildman–Crippen LogP) is 18.3. The highest BCUT2D eigenvalue weighted by Crippen LogP contribution is 2.59. The second kappa shape index (κ2) is 23.7. The summed E-state index contributed by atoms with van der Waals surface area (Å²) in [5.74, 6) is 14.9. The summed E-state index contributed by atoms with van der Waals surface area (Å²) >= 11 is 0. The Balaban J connectivity index is 0.853. The fourth-order valence-electron chi connectivity index (χ4n) is 20.1. The quantitative estimate of drug-likeness (QED) is 0.191. The lowest BCUT2D eigenvalue weighted by molar-refractivity contribution is -0.127. The Bertz CT molecular complexity index is 1430. The molecule has 10 rings (SSSR count). The number of hydrogen-bond donors (Lipinski definition) is 0. The molecule has 10 fully saturated rings. The smallest absolute Gasteiger partial charge is 0.0158 e. The van der Waals surface area contributed by atoms with Gasteiger partial charge in [0.2, 0.25) is 0 Å². The largest absolute Gasteiger partial charge is 0.294 e. The highest BCUT2D eigenvalue weighted by Gasteiger charge is 2.56. The normalized spacial score (nSPS) is 48.9. The van der Waals surface area contributed by atoms with Crippen LogP contribution in [-0.2, 0) is 0 Å². The highest BCUT2D eigenvalue weighted by molar-refractivity contribution is 5.09. The first-order valence-corrected chi connectivity index (χ1v) is 32.1.